The van der Waals surface area contributed by atoms with Crippen molar-refractivity contribution in [2.45, 2.75) is 84.6 Å². The van der Waals surface area contributed by atoms with Crippen molar-refractivity contribution >= 4 is 23.3 Å². The monoisotopic (exact) mass is 717 g/mol. The van der Waals surface area contributed by atoms with Gasteiger partial charge in [-0.05, 0) is 142 Å². The largest absolute Gasteiger partial charge is 0.349 e. The summed E-state index contributed by atoms with van der Waals surface area (Å²) in [7, 11) is 0. The Morgan fingerprint density at radius 1 is 0.868 bits per heavy atom. The predicted octanol–water partition coefficient (Wildman–Crippen LogP) is 6.65. The fraction of sp³-hybridized carbons (Fsp3) is 0.465. The summed E-state index contributed by atoms with van der Waals surface area (Å²) < 4.78 is 0. The molecule has 6 rings (SSSR count). The fourth-order valence-corrected chi connectivity index (χ4v) is 7.71. The first-order chi connectivity index (χ1) is 25.6. The molecule has 0 unspecified atom stereocenters. The molecule has 2 amide bonds. The minimum atomic E-state index is -0.522. The third kappa shape index (κ3) is 10.3. The molecule has 2 aliphatic rings. The van der Waals surface area contributed by atoms with E-state index < -0.39 is 5.92 Å². The van der Waals surface area contributed by atoms with Gasteiger partial charge in [0.05, 0.1) is 0 Å². The number of nitrogens with two attached hydrogens (primary N) is 1. The molecule has 10 heteroatoms. The second kappa shape index (κ2) is 17.9. The lowest BCUT2D eigenvalue weighted by molar-refractivity contribution is -0.129. The zero-order valence-electron chi connectivity index (χ0n) is 31.4. The van der Waals surface area contributed by atoms with Crippen LogP contribution in [-0.2, 0) is 22.4 Å². The number of nitrogens with zero attached hydrogens (tertiary/aromatic N) is 2. The number of rotatable bonds is 14. The van der Waals surface area contributed by atoms with E-state index in [2.05, 4.69) is 57.1 Å². The van der Waals surface area contributed by atoms with Crippen LogP contribution in [0.25, 0.3) is 22.5 Å². The maximum Gasteiger partial charge on any atom is 0.251 e. The lowest BCUT2D eigenvalue weighted by atomic mass is 9.77. The number of anilines is 1. The van der Waals surface area contributed by atoms with Crippen LogP contribution in [0.5, 0.6) is 0 Å². The zero-order valence-corrected chi connectivity index (χ0v) is 31.4. The first kappa shape index (κ1) is 38.1. The van der Waals surface area contributed by atoms with Crippen LogP contribution in [0.15, 0.2) is 66.7 Å². The molecular weight excluding hydrogens is 663 g/mol. The molecule has 6 N–H and O–H groups in total. The SMILES string of the molecule is Cc1cc(C(=O)NC2CCNCC2)ccc1-c1ccc(C[C@H](CC(=O)C2CCC(CN)CC2)C(=O)Nc2ccc(-c3n[nH]c(CC(C)C)n3)cc2)cc1. The first-order valence-electron chi connectivity index (χ1n) is 19.4. The molecule has 1 aliphatic carbocycles. The molecule has 4 aromatic rings. The Labute approximate surface area is 313 Å². The van der Waals surface area contributed by atoms with Crippen LogP contribution in [0, 0.1) is 30.6 Å². The Hall–Kier alpha value is -4.67. The van der Waals surface area contributed by atoms with Gasteiger partial charge in [-0.2, -0.15) is 5.10 Å². The number of ketones is 1. The van der Waals surface area contributed by atoms with Crippen molar-refractivity contribution in [2.24, 2.45) is 29.4 Å². The van der Waals surface area contributed by atoms with Gasteiger partial charge in [0.2, 0.25) is 5.91 Å². The van der Waals surface area contributed by atoms with E-state index in [1.807, 2.05) is 61.5 Å². The first-order valence-corrected chi connectivity index (χ1v) is 19.4. The van der Waals surface area contributed by atoms with Crippen molar-refractivity contribution in [2.75, 3.05) is 25.0 Å². The molecule has 1 aliphatic heterocycles. The number of carbonyl (C=O) groups excluding carboxylic acids is 3. The molecule has 1 saturated carbocycles. The van der Waals surface area contributed by atoms with E-state index in [4.69, 9.17) is 5.73 Å². The molecule has 2 heterocycles. The highest BCUT2D eigenvalue weighted by Crippen LogP contribution is 2.32. The van der Waals surface area contributed by atoms with Gasteiger partial charge in [-0.25, -0.2) is 4.98 Å². The highest BCUT2D eigenvalue weighted by molar-refractivity contribution is 5.96. The molecule has 3 aromatic carbocycles. The standard InChI is InChI=1S/C43H55N7O3/c1-27(2)22-40-48-41(50-49-40)33-12-15-36(16-13-33)46-43(53)35(25-39(51)32-10-6-30(26-44)7-11-32)24-29-4-8-31(9-5-29)38-17-14-34(23-28(38)3)42(52)47-37-18-20-45-21-19-37/h4-5,8-9,12-17,23,27,30,32,35,37,45H,6-7,10-11,18-22,24-26,44H2,1-3H3,(H,46,53)(H,47,52)(H,48,49,50)/t30?,32?,35-/m1/s1. The Bertz CT molecular complexity index is 1840. The van der Waals surface area contributed by atoms with Crippen LogP contribution in [0.1, 0.15) is 86.1 Å². The molecule has 2 fully saturated rings. The number of aromatic nitrogens is 3. The van der Waals surface area contributed by atoms with Gasteiger partial charge in [0, 0.05) is 47.5 Å². The van der Waals surface area contributed by atoms with Gasteiger partial charge in [-0.3, -0.25) is 19.5 Å². The number of hydrogen-bond acceptors (Lipinski definition) is 7. The van der Waals surface area contributed by atoms with E-state index in [-0.39, 0.29) is 36.0 Å². The topological polar surface area (TPSA) is 155 Å². The Morgan fingerprint density at radius 2 is 1.57 bits per heavy atom. The maximum atomic E-state index is 13.9. The highest BCUT2D eigenvalue weighted by Gasteiger charge is 2.30. The van der Waals surface area contributed by atoms with Crippen LogP contribution < -0.4 is 21.7 Å². The molecule has 1 aromatic heterocycles. The Morgan fingerprint density at radius 3 is 2.23 bits per heavy atom. The van der Waals surface area contributed by atoms with E-state index in [1.165, 1.54) is 0 Å². The minimum Gasteiger partial charge on any atom is -0.349 e. The van der Waals surface area contributed by atoms with Crippen LogP contribution in [0.4, 0.5) is 5.69 Å². The van der Waals surface area contributed by atoms with E-state index in [0.717, 1.165) is 91.7 Å². The van der Waals surface area contributed by atoms with Crippen LogP contribution in [0.3, 0.4) is 0 Å². The maximum absolute atomic E-state index is 13.9. The summed E-state index contributed by atoms with van der Waals surface area (Å²) in [5.41, 5.74) is 12.2. The van der Waals surface area contributed by atoms with Gasteiger partial charge < -0.3 is 21.7 Å². The fourth-order valence-electron chi connectivity index (χ4n) is 7.71. The second-order valence-corrected chi connectivity index (χ2v) is 15.5. The van der Waals surface area contributed by atoms with E-state index in [1.54, 1.807) is 0 Å². The number of aryl methyl sites for hydroxylation is 1. The van der Waals surface area contributed by atoms with Gasteiger partial charge in [-0.15, -0.1) is 0 Å². The van der Waals surface area contributed by atoms with Gasteiger partial charge in [0.1, 0.15) is 11.6 Å². The van der Waals surface area contributed by atoms with Crippen molar-refractivity contribution in [3.8, 4) is 22.5 Å². The van der Waals surface area contributed by atoms with Crippen molar-refractivity contribution in [1.82, 2.24) is 25.8 Å². The number of piperidine rings is 1. The number of Topliss-reactive ketones (excluding diaryl/α,β-unsaturated/α-hetero) is 1. The second-order valence-electron chi connectivity index (χ2n) is 15.5. The Kier molecular flexibility index (Phi) is 12.9. The Balaban J connectivity index is 1.13. The molecule has 1 atom stereocenters. The quantitative estimate of drug-likeness (QED) is 0.0979. The summed E-state index contributed by atoms with van der Waals surface area (Å²) in [6.07, 6.45) is 6.95. The van der Waals surface area contributed by atoms with Crippen LogP contribution in [0.2, 0.25) is 0 Å². The van der Waals surface area contributed by atoms with Gasteiger partial charge in [-0.1, -0.05) is 44.2 Å². The van der Waals surface area contributed by atoms with Crippen molar-refractivity contribution in [3.63, 3.8) is 0 Å². The number of carbonyl (C=O) groups is 3. The average molecular weight is 718 g/mol. The van der Waals surface area contributed by atoms with Crippen molar-refractivity contribution < 1.29 is 14.4 Å². The van der Waals surface area contributed by atoms with E-state index in [0.29, 0.717) is 41.9 Å². The zero-order chi connectivity index (χ0) is 37.3. The smallest absolute Gasteiger partial charge is 0.251 e. The van der Waals surface area contributed by atoms with Gasteiger partial charge in [0.25, 0.3) is 5.91 Å². The number of hydrogen-bond donors (Lipinski definition) is 5. The number of H-pyrrole nitrogens is 1. The molecule has 0 radical (unpaired) electrons. The van der Waals surface area contributed by atoms with Gasteiger partial charge in [0.15, 0.2) is 5.82 Å². The molecule has 1 saturated heterocycles. The van der Waals surface area contributed by atoms with Crippen molar-refractivity contribution in [3.05, 3.63) is 89.2 Å². The van der Waals surface area contributed by atoms with Crippen LogP contribution in [-0.4, -0.2) is 58.5 Å². The normalized spacial score (nSPS) is 18.4. The van der Waals surface area contributed by atoms with E-state index in [9.17, 15) is 14.4 Å². The number of aromatic amines is 1. The summed E-state index contributed by atoms with van der Waals surface area (Å²) in [5, 5.41) is 17.0. The lowest BCUT2D eigenvalue weighted by Crippen LogP contribution is -2.42. The lowest BCUT2D eigenvalue weighted by Gasteiger charge is -2.27. The van der Waals surface area contributed by atoms with Gasteiger partial charge >= 0.3 is 0 Å². The molecular formula is C43H55N7O3. The third-order valence-electron chi connectivity index (χ3n) is 10.9. The number of benzene rings is 3. The summed E-state index contributed by atoms with van der Waals surface area (Å²) >= 11 is 0. The molecule has 53 heavy (non-hydrogen) atoms. The predicted molar refractivity (Wildman–Crippen MR) is 210 cm³/mol. The van der Waals surface area contributed by atoms with E-state index >= 15 is 0 Å². The summed E-state index contributed by atoms with van der Waals surface area (Å²) in [6.45, 7) is 8.82. The molecule has 0 spiro atoms. The summed E-state index contributed by atoms with van der Waals surface area (Å²) in [4.78, 5) is 45.1. The highest BCUT2D eigenvalue weighted by atomic mass is 16.2. The molecule has 280 valence electrons. The third-order valence-corrected chi connectivity index (χ3v) is 10.9. The minimum absolute atomic E-state index is 0.0237. The summed E-state index contributed by atoms with van der Waals surface area (Å²) in [5.74, 6) is 1.84. The summed E-state index contributed by atoms with van der Waals surface area (Å²) in [6, 6.07) is 21.8. The number of nitrogens with one attached hydrogen (secondary N) is 4. The average Bonchev–Trinajstić information content (AvgIpc) is 3.63. The molecule has 10 nitrogen and oxygen atoms in total. The van der Waals surface area contributed by atoms with Crippen molar-refractivity contribution in [1.29, 1.82) is 0 Å². The number of amides is 2. The van der Waals surface area contributed by atoms with Crippen LogP contribution >= 0.6 is 0 Å². The molecule has 0 bridgehead atoms.